The normalized spacial score (nSPS) is 11.0. The van der Waals surface area contributed by atoms with Crippen LogP contribution in [0, 0.1) is 0 Å². The van der Waals surface area contributed by atoms with Gasteiger partial charge in [-0.05, 0) is 49.3 Å². The minimum atomic E-state index is 0.916. The summed E-state index contributed by atoms with van der Waals surface area (Å²) in [5, 5.41) is 3.54. The Labute approximate surface area is 132 Å². The van der Waals surface area contributed by atoms with Crippen molar-refractivity contribution in [3.63, 3.8) is 0 Å². The fourth-order valence-electron chi connectivity index (χ4n) is 2.38. The van der Waals surface area contributed by atoms with Crippen LogP contribution in [0.3, 0.4) is 0 Å². The summed E-state index contributed by atoms with van der Waals surface area (Å²) < 4.78 is 0. The average Bonchev–Trinajstić information content (AvgIpc) is 2.99. The maximum atomic E-state index is 3.54. The van der Waals surface area contributed by atoms with Gasteiger partial charge in [0, 0.05) is 28.5 Å². The van der Waals surface area contributed by atoms with Crippen molar-refractivity contribution in [1.82, 2.24) is 4.90 Å². The van der Waals surface area contributed by atoms with E-state index in [1.165, 1.54) is 21.0 Å². The highest BCUT2D eigenvalue weighted by Gasteiger charge is 2.03. The number of hydrogen-bond acceptors (Lipinski definition) is 3. The predicted octanol–water partition coefficient (Wildman–Crippen LogP) is 4.76. The summed E-state index contributed by atoms with van der Waals surface area (Å²) in [6, 6.07) is 13.2. The van der Waals surface area contributed by atoms with Gasteiger partial charge in [0.15, 0.2) is 0 Å². The van der Waals surface area contributed by atoms with Gasteiger partial charge < -0.3 is 5.32 Å². The van der Waals surface area contributed by atoms with Gasteiger partial charge in [-0.25, -0.2) is 0 Å². The second-order valence-corrected chi connectivity index (χ2v) is 6.49. The van der Waals surface area contributed by atoms with E-state index in [1.807, 2.05) is 11.3 Å². The molecule has 2 rings (SSSR count). The molecule has 21 heavy (non-hydrogen) atoms. The molecule has 0 unspecified atom stereocenters. The summed E-state index contributed by atoms with van der Waals surface area (Å²) in [7, 11) is 0. The van der Waals surface area contributed by atoms with Gasteiger partial charge in [0.1, 0.15) is 0 Å². The van der Waals surface area contributed by atoms with Crippen LogP contribution in [0.5, 0.6) is 0 Å². The van der Waals surface area contributed by atoms with Crippen LogP contribution in [-0.2, 0) is 19.5 Å². The maximum absolute atomic E-state index is 3.54. The molecular weight excluding hydrogens is 276 g/mol. The van der Waals surface area contributed by atoms with E-state index in [-0.39, 0.29) is 0 Å². The van der Waals surface area contributed by atoms with Crippen LogP contribution in [0.1, 0.15) is 36.1 Å². The predicted molar refractivity (Wildman–Crippen MR) is 94.1 cm³/mol. The van der Waals surface area contributed by atoms with Gasteiger partial charge in [0.05, 0.1) is 0 Å². The monoisotopic (exact) mass is 302 g/mol. The molecule has 0 spiro atoms. The Morgan fingerprint density at radius 3 is 2.43 bits per heavy atom. The summed E-state index contributed by atoms with van der Waals surface area (Å²) in [4.78, 5) is 5.30. The molecule has 0 aliphatic heterocycles. The van der Waals surface area contributed by atoms with Crippen molar-refractivity contribution >= 4 is 17.0 Å². The van der Waals surface area contributed by atoms with Crippen LogP contribution in [0.25, 0.3) is 0 Å². The van der Waals surface area contributed by atoms with Gasteiger partial charge in [-0.15, -0.1) is 11.3 Å². The van der Waals surface area contributed by atoms with E-state index in [2.05, 4.69) is 67.4 Å². The molecule has 2 aromatic rings. The van der Waals surface area contributed by atoms with E-state index in [4.69, 9.17) is 0 Å². The number of hydrogen-bond donors (Lipinski definition) is 1. The lowest BCUT2D eigenvalue weighted by Crippen LogP contribution is -2.22. The molecule has 0 fully saturated rings. The summed E-state index contributed by atoms with van der Waals surface area (Å²) in [6.45, 7) is 10.8. The Morgan fingerprint density at radius 2 is 1.76 bits per heavy atom. The zero-order chi connectivity index (χ0) is 15.1. The quantitative estimate of drug-likeness (QED) is 0.756. The highest BCUT2D eigenvalue weighted by Crippen LogP contribution is 2.19. The van der Waals surface area contributed by atoms with Crippen LogP contribution < -0.4 is 5.32 Å². The Hall–Kier alpha value is -1.32. The Balaban J connectivity index is 1.94. The van der Waals surface area contributed by atoms with Gasteiger partial charge in [0.2, 0.25) is 0 Å². The molecule has 1 N–H and O–H groups in total. The third-order valence-corrected chi connectivity index (χ3v) is 4.99. The van der Waals surface area contributed by atoms with E-state index in [0.717, 1.165) is 32.6 Å². The largest absolute Gasteiger partial charge is 0.380 e. The van der Waals surface area contributed by atoms with Crippen molar-refractivity contribution in [3.8, 4) is 0 Å². The number of thiophene rings is 1. The van der Waals surface area contributed by atoms with Crippen molar-refractivity contribution in [1.29, 1.82) is 0 Å². The van der Waals surface area contributed by atoms with Gasteiger partial charge in [0.25, 0.3) is 0 Å². The molecule has 0 bridgehead atoms. The van der Waals surface area contributed by atoms with Crippen molar-refractivity contribution in [2.45, 2.75) is 40.3 Å². The van der Waals surface area contributed by atoms with E-state index in [0.29, 0.717) is 0 Å². The van der Waals surface area contributed by atoms with Crippen molar-refractivity contribution in [2.75, 3.05) is 18.4 Å². The van der Waals surface area contributed by atoms with Gasteiger partial charge in [-0.3, -0.25) is 4.90 Å². The van der Waals surface area contributed by atoms with Crippen molar-refractivity contribution < 1.29 is 0 Å². The molecule has 0 atom stereocenters. The molecule has 0 amide bonds. The van der Waals surface area contributed by atoms with E-state index in [1.54, 1.807) is 0 Å². The van der Waals surface area contributed by atoms with Crippen molar-refractivity contribution in [3.05, 3.63) is 51.7 Å². The molecule has 2 nitrogen and oxygen atoms in total. The zero-order valence-electron chi connectivity index (χ0n) is 13.4. The highest BCUT2D eigenvalue weighted by atomic mass is 32.1. The molecule has 0 aliphatic carbocycles. The van der Waals surface area contributed by atoms with Crippen molar-refractivity contribution in [2.24, 2.45) is 0 Å². The first-order valence-electron chi connectivity index (χ1n) is 7.87. The highest BCUT2D eigenvalue weighted by molar-refractivity contribution is 7.12. The fraction of sp³-hybridized carbons (Fsp3) is 0.444. The number of aryl methyl sites for hydroxylation is 1. The molecule has 0 saturated carbocycles. The molecule has 1 aromatic carbocycles. The second kappa shape index (κ2) is 8.20. The van der Waals surface area contributed by atoms with Gasteiger partial charge in [-0.2, -0.15) is 0 Å². The van der Waals surface area contributed by atoms with E-state index >= 15 is 0 Å². The molecule has 0 saturated heterocycles. The third-order valence-electron chi connectivity index (χ3n) is 3.76. The lowest BCUT2D eigenvalue weighted by molar-refractivity contribution is 0.296. The SMILES string of the molecule is CCc1ccc(CNc2cccc(CN(CC)CC)c2)s1. The topological polar surface area (TPSA) is 15.3 Å². The minimum absolute atomic E-state index is 0.916. The van der Waals surface area contributed by atoms with Crippen LogP contribution in [0.15, 0.2) is 36.4 Å². The van der Waals surface area contributed by atoms with Crippen LogP contribution >= 0.6 is 11.3 Å². The average molecular weight is 302 g/mol. The lowest BCUT2D eigenvalue weighted by atomic mass is 10.2. The first-order chi connectivity index (χ1) is 10.2. The Bertz CT molecular complexity index is 544. The Kier molecular flexibility index (Phi) is 6.27. The molecule has 1 aromatic heterocycles. The smallest absolute Gasteiger partial charge is 0.0494 e. The first-order valence-corrected chi connectivity index (χ1v) is 8.69. The minimum Gasteiger partial charge on any atom is -0.380 e. The van der Waals surface area contributed by atoms with Crippen LogP contribution in [0.4, 0.5) is 5.69 Å². The zero-order valence-corrected chi connectivity index (χ0v) is 14.2. The second-order valence-electron chi connectivity index (χ2n) is 5.24. The summed E-state index contributed by atoms with van der Waals surface area (Å²) in [5.41, 5.74) is 2.59. The fourth-order valence-corrected chi connectivity index (χ4v) is 3.28. The van der Waals surface area contributed by atoms with E-state index < -0.39 is 0 Å². The maximum Gasteiger partial charge on any atom is 0.0494 e. The molecular formula is C18H26N2S. The summed E-state index contributed by atoms with van der Waals surface area (Å²) >= 11 is 1.90. The number of nitrogens with zero attached hydrogens (tertiary/aromatic N) is 1. The molecule has 0 aliphatic rings. The Morgan fingerprint density at radius 1 is 1.00 bits per heavy atom. The van der Waals surface area contributed by atoms with Gasteiger partial charge >= 0.3 is 0 Å². The molecule has 1 heterocycles. The number of nitrogens with one attached hydrogen (secondary N) is 1. The summed E-state index contributed by atoms with van der Waals surface area (Å²) in [5.74, 6) is 0. The number of rotatable bonds is 8. The molecule has 3 heteroatoms. The lowest BCUT2D eigenvalue weighted by Gasteiger charge is -2.18. The number of benzene rings is 1. The van der Waals surface area contributed by atoms with E-state index in [9.17, 15) is 0 Å². The molecule has 0 radical (unpaired) electrons. The molecule has 114 valence electrons. The van der Waals surface area contributed by atoms with Crippen LogP contribution in [0.2, 0.25) is 0 Å². The van der Waals surface area contributed by atoms with Crippen LogP contribution in [-0.4, -0.2) is 18.0 Å². The standard InChI is InChI=1S/C18H26N2S/c1-4-17-10-11-18(21-17)13-19-16-9-7-8-15(12-16)14-20(5-2)6-3/h7-12,19H,4-6,13-14H2,1-3H3. The number of anilines is 1. The third kappa shape index (κ3) is 4.87. The summed E-state index contributed by atoms with van der Waals surface area (Å²) in [6.07, 6.45) is 1.13. The van der Waals surface area contributed by atoms with Gasteiger partial charge in [-0.1, -0.05) is 32.9 Å². The first kappa shape index (κ1) is 16.1.